The summed E-state index contributed by atoms with van der Waals surface area (Å²) < 4.78 is 11.9. The average molecular weight is 693 g/mol. The van der Waals surface area contributed by atoms with Crippen molar-refractivity contribution in [2.24, 2.45) is 69.0 Å². The van der Waals surface area contributed by atoms with E-state index in [0.717, 1.165) is 81.0 Å². The molecule has 280 valence electrons. The van der Waals surface area contributed by atoms with Gasteiger partial charge in [0.2, 0.25) is 0 Å². The Balaban J connectivity index is 0.000000157. The Labute approximate surface area is 302 Å². The number of hydrogen-bond acceptors (Lipinski definition) is 6. The van der Waals surface area contributed by atoms with Crippen LogP contribution in [0.25, 0.3) is 0 Å². The standard InChI is InChI=1S/2C22H34O3/c1-14(23)13-25-20-7-6-18-17-5-4-15-12-16(24)8-10-21(15,2)19(17)9-11-22(18,20)3;1-4-20(24)25-19-8-7-17-16-6-5-14-13-15(23)9-11-21(14,2)18(16)10-12-22(17,19)3/h15,17-20H,4-13H2,1-3H3;14,16-19H,4-13H2,1-3H3/t15-,17-,18-,19-,20-,21-,22-;14-,16-,17-,18-,19-,21-,22-/m00/s1. The number of fused-ring (bicyclic) bond motifs is 10. The van der Waals surface area contributed by atoms with Gasteiger partial charge in [-0.3, -0.25) is 19.2 Å². The van der Waals surface area contributed by atoms with E-state index in [1.807, 2.05) is 6.92 Å². The Morgan fingerprint density at radius 3 is 1.54 bits per heavy atom. The van der Waals surface area contributed by atoms with Crippen LogP contribution in [0.5, 0.6) is 0 Å². The van der Waals surface area contributed by atoms with Crippen LogP contribution in [0, 0.1) is 69.0 Å². The highest BCUT2D eigenvalue weighted by Crippen LogP contribution is 2.68. The van der Waals surface area contributed by atoms with Crippen molar-refractivity contribution in [3.8, 4) is 0 Å². The van der Waals surface area contributed by atoms with Crippen LogP contribution >= 0.6 is 0 Å². The first-order valence-electron chi connectivity index (χ1n) is 21.1. The molecule has 0 aromatic heterocycles. The predicted molar refractivity (Wildman–Crippen MR) is 194 cm³/mol. The maximum atomic E-state index is 12.0. The van der Waals surface area contributed by atoms with Crippen molar-refractivity contribution in [1.82, 2.24) is 0 Å². The lowest BCUT2D eigenvalue weighted by molar-refractivity contribution is -0.163. The molecule has 50 heavy (non-hydrogen) atoms. The van der Waals surface area contributed by atoms with Gasteiger partial charge in [-0.1, -0.05) is 34.6 Å². The lowest BCUT2D eigenvalue weighted by Crippen LogP contribution is -2.54. The zero-order valence-corrected chi connectivity index (χ0v) is 32.4. The molecule has 8 aliphatic rings. The van der Waals surface area contributed by atoms with Gasteiger partial charge in [-0.2, -0.15) is 0 Å². The number of ketones is 3. The lowest BCUT2D eigenvalue weighted by Gasteiger charge is -2.60. The van der Waals surface area contributed by atoms with E-state index >= 15 is 0 Å². The second kappa shape index (κ2) is 13.7. The van der Waals surface area contributed by atoms with E-state index in [1.165, 1.54) is 64.2 Å². The Morgan fingerprint density at radius 2 is 1.06 bits per heavy atom. The molecule has 0 amide bonds. The zero-order valence-electron chi connectivity index (χ0n) is 32.4. The number of esters is 1. The van der Waals surface area contributed by atoms with E-state index in [0.29, 0.717) is 46.6 Å². The van der Waals surface area contributed by atoms with E-state index < -0.39 is 0 Å². The molecular formula is C44H68O6. The molecule has 0 aromatic carbocycles. The van der Waals surface area contributed by atoms with Crippen molar-refractivity contribution in [1.29, 1.82) is 0 Å². The second-order valence-electron chi connectivity index (χ2n) is 19.9. The van der Waals surface area contributed by atoms with E-state index in [4.69, 9.17) is 9.47 Å². The van der Waals surface area contributed by atoms with Crippen LogP contribution in [0.4, 0.5) is 0 Å². The Bertz CT molecular complexity index is 1340. The van der Waals surface area contributed by atoms with Crippen molar-refractivity contribution in [2.75, 3.05) is 6.61 Å². The van der Waals surface area contributed by atoms with Gasteiger partial charge in [0.05, 0.1) is 6.10 Å². The molecule has 6 heteroatoms. The molecule has 0 saturated heterocycles. The first-order valence-corrected chi connectivity index (χ1v) is 21.1. The van der Waals surface area contributed by atoms with Crippen LogP contribution in [-0.4, -0.2) is 42.1 Å². The number of ether oxygens (including phenoxy) is 2. The largest absolute Gasteiger partial charge is 0.462 e. The van der Waals surface area contributed by atoms with Crippen molar-refractivity contribution in [3.63, 3.8) is 0 Å². The summed E-state index contributed by atoms with van der Waals surface area (Å²) in [5.41, 5.74) is 1.19. The molecule has 8 saturated carbocycles. The van der Waals surface area contributed by atoms with Gasteiger partial charge in [0.15, 0.2) is 5.78 Å². The smallest absolute Gasteiger partial charge is 0.305 e. The molecule has 14 atom stereocenters. The maximum absolute atomic E-state index is 12.0. The molecule has 8 aliphatic carbocycles. The fourth-order valence-corrected chi connectivity index (χ4v) is 14.9. The highest BCUT2D eigenvalue weighted by molar-refractivity contribution is 5.80. The van der Waals surface area contributed by atoms with Crippen molar-refractivity contribution in [2.45, 2.75) is 176 Å². The molecule has 0 unspecified atom stereocenters. The maximum Gasteiger partial charge on any atom is 0.305 e. The number of hydrogen-bond donors (Lipinski definition) is 0. The van der Waals surface area contributed by atoms with Gasteiger partial charge in [-0.25, -0.2) is 0 Å². The highest BCUT2D eigenvalue weighted by Gasteiger charge is 2.62. The van der Waals surface area contributed by atoms with E-state index in [1.54, 1.807) is 6.92 Å². The zero-order chi connectivity index (χ0) is 35.6. The summed E-state index contributed by atoms with van der Waals surface area (Å²) in [5, 5.41) is 0. The third kappa shape index (κ3) is 6.09. The van der Waals surface area contributed by atoms with Crippen molar-refractivity contribution in [3.05, 3.63) is 0 Å². The van der Waals surface area contributed by atoms with Crippen LogP contribution < -0.4 is 0 Å². The Hall–Kier alpha value is -1.56. The summed E-state index contributed by atoms with van der Waals surface area (Å²) in [7, 11) is 0. The normalized spacial score (nSPS) is 49.2. The number of carbonyl (C=O) groups is 4. The van der Waals surface area contributed by atoms with Gasteiger partial charge < -0.3 is 9.47 Å². The highest BCUT2D eigenvalue weighted by atomic mass is 16.5. The van der Waals surface area contributed by atoms with Gasteiger partial charge in [-0.05, 0) is 160 Å². The van der Waals surface area contributed by atoms with Gasteiger partial charge in [-0.15, -0.1) is 0 Å². The summed E-state index contributed by atoms with van der Waals surface area (Å²) in [6, 6.07) is 0. The van der Waals surface area contributed by atoms with E-state index in [9.17, 15) is 19.2 Å². The first kappa shape index (κ1) is 36.8. The fourth-order valence-electron chi connectivity index (χ4n) is 14.9. The Morgan fingerprint density at radius 1 is 0.600 bits per heavy atom. The van der Waals surface area contributed by atoms with Crippen LogP contribution in [0.1, 0.15) is 164 Å². The van der Waals surface area contributed by atoms with Crippen LogP contribution in [-0.2, 0) is 28.7 Å². The van der Waals surface area contributed by atoms with Crippen LogP contribution in [0.15, 0.2) is 0 Å². The minimum absolute atomic E-state index is 0.0320. The lowest BCUT2D eigenvalue weighted by atomic mass is 9.45. The van der Waals surface area contributed by atoms with Gasteiger partial charge >= 0.3 is 5.97 Å². The molecule has 0 N–H and O–H groups in total. The van der Waals surface area contributed by atoms with Gasteiger partial charge in [0.25, 0.3) is 0 Å². The molecule has 8 fully saturated rings. The molecule has 0 radical (unpaired) electrons. The second-order valence-corrected chi connectivity index (χ2v) is 19.9. The molecule has 0 aliphatic heterocycles. The molecular weight excluding hydrogens is 624 g/mol. The molecule has 0 spiro atoms. The van der Waals surface area contributed by atoms with E-state index in [-0.39, 0.29) is 41.4 Å². The summed E-state index contributed by atoms with van der Waals surface area (Å²) in [5.74, 6) is 6.96. The topological polar surface area (TPSA) is 86.7 Å². The summed E-state index contributed by atoms with van der Waals surface area (Å²) >= 11 is 0. The molecule has 8 rings (SSSR count). The third-order valence-electron chi connectivity index (χ3n) is 17.8. The van der Waals surface area contributed by atoms with Gasteiger partial charge in [0.1, 0.15) is 24.3 Å². The summed E-state index contributed by atoms with van der Waals surface area (Å²) in [4.78, 5) is 47.2. The Kier molecular flexibility index (Phi) is 10.1. The molecule has 0 aromatic rings. The van der Waals surface area contributed by atoms with Crippen LogP contribution in [0.3, 0.4) is 0 Å². The predicted octanol–water partition coefficient (Wildman–Crippen LogP) is 9.49. The number of rotatable bonds is 5. The van der Waals surface area contributed by atoms with Crippen molar-refractivity contribution < 1.29 is 28.7 Å². The minimum Gasteiger partial charge on any atom is -0.462 e. The molecule has 0 bridgehead atoms. The average Bonchev–Trinajstić information content (AvgIpc) is 3.60. The summed E-state index contributed by atoms with van der Waals surface area (Å²) in [6.45, 7) is 13.6. The minimum atomic E-state index is -0.0320. The van der Waals surface area contributed by atoms with Crippen molar-refractivity contribution >= 4 is 23.3 Å². The van der Waals surface area contributed by atoms with E-state index in [2.05, 4.69) is 27.7 Å². The number of carbonyl (C=O) groups excluding carboxylic acids is 4. The quantitative estimate of drug-likeness (QED) is 0.267. The SMILES string of the molecule is CC(=O)CO[C@H]1CC[C@H]2[C@@H]3CC[C@H]4CC(=O)CC[C@]4(C)[C@H]3CC[C@]12C.CCC(=O)O[C@H]1CC[C@H]2[C@@H]3CC[C@H]4CC(=O)CC[C@]4(C)[C@H]3CC[C@]12C. The van der Waals surface area contributed by atoms with Gasteiger partial charge in [0, 0.05) is 37.5 Å². The fraction of sp³-hybridized carbons (Fsp3) is 0.909. The third-order valence-corrected chi connectivity index (χ3v) is 17.8. The number of Topliss-reactive ketones (excluding diaryl/α,β-unsaturated/α-hetero) is 3. The molecule has 6 nitrogen and oxygen atoms in total. The monoisotopic (exact) mass is 693 g/mol. The first-order chi connectivity index (χ1) is 23.7. The molecule has 0 heterocycles. The summed E-state index contributed by atoms with van der Waals surface area (Å²) in [6.07, 6.45) is 21.1. The van der Waals surface area contributed by atoms with Crippen LogP contribution in [0.2, 0.25) is 0 Å².